The summed E-state index contributed by atoms with van der Waals surface area (Å²) < 4.78 is 82.4. The molecule has 0 aliphatic carbocycles. The van der Waals surface area contributed by atoms with Gasteiger partial charge in [0.2, 0.25) is 5.91 Å². The molecule has 2 rings (SSSR count). The lowest BCUT2D eigenvalue weighted by atomic mass is 9.96. The predicted octanol–water partition coefficient (Wildman–Crippen LogP) is 7.58. The molecule has 37 heavy (non-hydrogen) atoms. The number of benzene rings is 2. The molecule has 14 heteroatoms. The molecule has 0 aliphatic heterocycles. The first-order chi connectivity index (χ1) is 17.0. The normalized spacial score (nSPS) is 13.9. The fourth-order valence-corrected chi connectivity index (χ4v) is 4.15. The molecule has 2 amide bonds. The molecule has 1 unspecified atom stereocenters. The van der Waals surface area contributed by atoms with Crippen molar-refractivity contribution in [2.24, 2.45) is 0 Å². The van der Waals surface area contributed by atoms with Crippen LogP contribution in [-0.2, 0) is 11.0 Å². The number of thioether (sulfide) groups is 1. The van der Waals surface area contributed by atoms with Crippen molar-refractivity contribution >= 4 is 64.5 Å². The average molecular weight is 608 g/mol. The van der Waals surface area contributed by atoms with Gasteiger partial charge in [-0.2, -0.15) is 38.1 Å². The van der Waals surface area contributed by atoms with Crippen LogP contribution in [-0.4, -0.2) is 36.2 Å². The predicted molar refractivity (Wildman–Crippen MR) is 134 cm³/mol. The third kappa shape index (κ3) is 8.73. The standard InChI is InChI=1S/C23H19Cl3F6N2O2S/c1-11(33-19(35)10-37-2)34-21(36)14-5-3-12(7-16(14)23(30,31)32)4-6-15(22(27,28)29)13-8-17(24)20(26)18(25)9-13/h3-9,11,15H,10H2,1-2H3,(H,33,35)(H,34,36)/b6-4+/t11-,15?/m1/s1. The van der Waals surface area contributed by atoms with E-state index < -0.39 is 47.4 Å². The molecule has 2 aromatic carbocycles. The van der Waals surface area contributed by atoms with Gasteiger partial charge in [-0.3, -0.25) is 9.59 Å². The minimum Gasteiger partial charge on any atom is -0.336 e. The first kappa shape index (κ1) is 31.1. The lowest BCUT2D eigenvalue weighted by molar-refractivity contribution is -0.139. The zero-order chi connectivity index (χ0) is 28.1. The molecule has 0 bridgehead atoms. The van der Waals surface area contributed by atoms with Crippen LogP contribution in [0.4, 0.5) is 26.3 Å². The number of hydrogen-bond donors (Lipinski definition) is 2. The number of nitrogens with one attached hydrogen (secondary N) is 2. The van der Waals surface area contributed by atoms with Gasteiger partial charge in [0.1, 0.15) is 0 Å². The molecule has 0 fully saturated rings. The second-order valence-electron chi connectivity index (χ2n) is 7.68. The third-order valence-electron chi connectivity index (χ3n) is 4.79. The molecule has 202 valence electrons. The van der Waals surface area contributed by atoms with Crippen molar-refractivity contribution in [1.29, 1.82) is 0 Å². The SMILES string of the molecule is CSCC(=O)N[C@@H](C)NC(=O)c1ccc(/C=C/C(c2cc(Cl)c(Cl)c(Cl)c2)C(F)(F)F)cc1C(F)(F)F. The first-order valence-electron chi connectivity index (χ1n) is 10.2. The van der Waals surface area contributed by atoms with Gasteiger partial charge in [-0.05, 0) is 48.6 Å². The van der Waals surface area contributed by atoms with Crippen LogP contribution >= 0.6 is 46.6 Å². The van der Waals surface area contributed by atoms with Crippen LogP contribution in [0.25, 0.3) is 6.08 Å². The van der Waals surface area contributed by atoms with Gasteiger partial charge in [0.15, 0.2) is 0 Å². The van der Waals surface area contributed by atoms with Gasteiger partial charge in [0.25, 0.3) is 5.91 Å². The fourth-order valence-electron chi connectivity index (χ4n) is 3.19. The van der Waals surface area contributed by atoms with Crippen LogP contribution in [0.2, 0.25) is 15.1 Å². The number of carbonyl (C=O) groups excluding carboxylic acids is 2. The highest BCUT2D eigenvalue weighted by atomic mass is 35.5. The van der Waals surface area contributed by atoms with Crippen molar-refractivity contribution < 1.29 is 35.9 Å². The van der Waals surface area contributed by atoms with E-state index >= 15 is 0 Å². The number of halogens is 9. The Morgan fingerprint density at radius 3 is 2.11 bits per heavy atom. The Morgan fingerprint density at radius 2 is 1.59 bits per heavy atom. The summed E-state index contributed by atoms with van der Waals surface area (Å²) in [5, 5.41) is 4.06. The van der Waals surface area contributed by atoms with E-state index in [1.807, 2.05) is 0 Å². The zero-order valence-corrected chi connectivity index (χ0v) is 22.1. The van der Waals surface area contributed by atoms with Gasteiger partial charge in [0.05, 0.1) is 44.0 Å². The topological polar surface area (TPSA) is 58.2 Å². The van der Waals surface area contributed by atoms with E-state index in [2.05, 4.69) is 10.6 Å². The Balaban J connectivity index is 2.39. The Hall–Kier alpha value is -2.08. The van der Waals surface area contributed by atoms with Crippen LogP contribution < -0.4 is 10.6 Å². The number of rotatable bonds is 8. The lowest BCUT2D eigenvalue weighted by Crippen LogP contribution is -2.46. The van der Waals surface area contributed by atoms with E-state index in [0.717, 1.165) is 30.3 Å². The number of hydrogen-bond acceptors (Lipinski definition) is 3. The molecule has 4 nitrogen and oxygen atoms in total. The molecule has 2 N–H and O–H groups in total. The van der Waals surface area contributed by atoms with Gasteiger partial charge < -0.3 is 10.6 Å². The Morgan fingerprint density at radius 1 is 1.00 bits per heavy atom. The molecule has 0 aromatic heterocycles. The highest BCUT2D eigenvalue weighted by Crippen LogP contribution is 2.41. The number of alkyl halides is 6. The van der Waals surface area contributed by atoms with Crippen LogP contribution in [0.1, 0.15) is 39.9 Å². The summed E-state index contributed by atoms with van der Waals surface area (Å²) in [6.45, 7) is 1.37. The maximum Gasteiger partial charge on any atom is 0.417 e. The van der Waals surface area contributed by atoms with Crippen LogP contribution in [0, 0.1) is 0 Å². The Labute approximate surface area is 227 Å². The van der Waals surface area contributed by atoms with Crippen molar-refractivity contribution in [3.63, 3.8) is 0 Å². The maximum absolute atomic E-state index is 13.7. The molecule has 0 spiro atoms. The molecule has 0 heterocycles. The van der Waals surface area contributed by atoms with Gasteiger partial charge >= 0.3 is 12.4 Å². The molecule has 0 saturated heterocycles. The number of allylic oxidation sites excluding steroid dienone is 1. The number of carbonyl (C=O) groups is 2. The summed E-state index contributed by atoms with van der Waals surface area (Å²) in [4.78, 5) is 24.1. The van der Waals surface area contributed by atoms with Gasteiger partial charge in [-0.25, -0.2) is 0 Å². The highest BCUT2D eigenvalue weighted by Gasteiger charge is 2.40. The van der Waals surface area contributed by atoms with Crippen molar-refractivity contribution in [2.45, 2.75) is 31.4 Å². The van der Waals surface area contributed by atoms with E-state index in [1.54, 1.807) is 6.26 Å². The fraction of sp³-hybridized carbons (Fsp3) is 0.304. The van der Waals surface area contributed by atoms with Crippen LogP contribution in [0.5, 0.6) is 0 Å². The number of amides is 2. The van der Waals surface area contributed by atoms with E-state index in [9.17, 15) is 35.9 Å². The first-order valence-corrected chi connectivity index (χ1v) is 12.8. The van der Waals surface area contributed by atoms with Crippen molar-refractivity contribution in [3.05, 3.63) is 73.7 Å². The molecule has 2 aromatic rings. The summed E-state index contributed by atoms with van der Waals surface area (Å²) in [7, 11) is 0. The molecular weight excluding hydrogens is 589 g/mol. The summed E-state index contributed by atoms with van der Waals surface area (Å²) in [6, 6.07) is 4.38. The summed E-state index contributed by atoms with van der Waals surface area (Å²) in [6.07, 6.45) is -7.64. The lowest BCUT2D eigenvalue weighted by Gasteiger charge is -2.19. The summed E-state index contributed by atoms with van der Waals surface area (Å²) in [5.41, 5.74) is -2.74. The minimum atomic E-state index is -5.00. The van der Waals surface area contributed by atoms with Gasteiger partial charge in [-0.1, -0.05) is 53.0 Å². The van der Waals surface area contributed by atoms with Gasteiger partial charge in [-0.15, -0.1) is 0 Å². The van der Waals surface area contributed by atoms with Crippen molar-refractivity contribution in [1.82, 2.24) is 10.6 Å². The quantitative estimate of drug-likeness (QED) is 0.185. The summed E-state index contributed by atoms with van der Waals surface area (Å²) in [5.74, 6) is -3.73. The smallest absolute Gasteiger partial charge is 0.336 e. The second-order valence-corrected chi connectivity index (χ2v) is 9.73. The third-order valence-corrected chi connectivity index (χ3v) is 6.54. The van der Waals surface area contributed by atoms with E-state index in [1.165, 1.54) is 18.7 Å². The van der Waals surface area contributed by atoms with E-state index in [4.69, 9.17) is 34.8 Å². The minimum absolute atomic E-state index is 0.0857. The maximum atomic E-state index is 13.7. The van der Waals surface area contributed by atoms with Crippen molar-refractivity contribution in [2.75, 3.05) is 12.0 Å². The highest BCUT2D eigenvalue weighted by molar-refractivity contribution is 7.99. The Kier molecular flexibility index (Phi) is 10.6. The summed E-state index contributed by atoms with van der Waals surface area (Å²) >= 11 is 18.7. The van der Waals surface area contributed by atoms with E-state index in [-0.39, 0.29) is 31.9 Å². The largest absolute Gasteiger partial charge is 0.417 e. The van der Waals surface area contributed by atoms with E-state index in [0.29, 0.717) is 12.1 Å². The monoisotopic (exact) mass is 606 g/mol. The molecule has 0 radical (unpaired) electrons. The van der Waals surface area contributed by atoms with Crippen LogP contribution in [0.15, 0.2) is 36.4 Å². The zero-order valence-electron chi connectivity index (χ0n) is 19.0. The molecule has 2 atom stereocenters. The second kappa shape index (κ2) is 12.6. The van der Waals surface area contributed by atoms with Crippen LogP contribution in [0.3, 0.4) is 0 Å². The van der Waals surface area contributed by atoms with Gasteiger partial charge in [0, 0.05) is 0 Å². The molecule has 0 saturated carbocycles. The molecule has 0 aliphatic rings. The van der Waals surface area contributed by atoms with Crippen molar-refractivity contribution in [3.8, 4) is 0 Å². The molecular formula is C23H19Cl3F6N2O2S. The Bertz CT molecular complexity index is 1170. The average Bonchev–Trinajstić information content (AvgIpc) is 2.75.